The third-order valence-corrected chi connectivity index (χ3v) is 4.39. The molecule has 0 aliphatic heterocycles. The van der Waals surface area contributed by atoms with Gasteiger partial charge in [-0.1, -0.05) is 0 Å². The van der Waals surface area contributed by atoms with Gasteiger partial charge in [-0.25, -0.2) is 14.2 Å². The van der Waals surface area contributed by atoms with E-state index in [1.165, 1.54) is 18.5 Å². The first kappa shape index (κ1) is 17.6. The highest BCUT2D eigenvalue weighted by Gasteiger charge is 2.16. The fourth-order valence-corrected chi connectivity index (χ4v) is 2.93. The molecule has 7 nitrogen and oxygen atoms in total. The summed E-state index contributed by atoms with van der Waals surface area (Å²) in [6.45, 7) is 1.79. The molecule has 0 bridgehead atoms. The maximum Gasteiger partial charge on any atom is 0.340 e. The van der Waals surface area contributed by atoms with Gasteiger partial charge in [-0.15, -0.1) is 5.10 Å². The van der Waals surface area contributed by atoms with Crippen molar-refractivity contribution in [2.75, 3.05) is 5.73 Å². The first-order valence-corrected chi connectivity index (χ1v) is 8.43. The van der Waals surface area contributed by atoms with Gasteiger partial charge in [0, 0.05) is 41.9 Å². The number of fused-ring (bicyclic) bond motifs is 1. The first-order valence-electron chi connectivity index (χ1n) is 8.43. The van der Waals surface area contributed by atoms with Crippen molar-refractivity contribution in [2.24, 2.45) is 0 Å². The maximum absolute atomic E-state index is 14.2. The molecule has 0 saturated heterocycles. The molecule has 140 valence electrons. The van der Waals surface area contributed by atoms with Gasteiger partial charge in [-0.2, -0.15) is 5.10 Å². The molecule has 0 fully saturated rings. The van der Waals surface area contributed by atoms with Crippen molar-refractivity contribution in [3.63, 3.8) is 0 Å². The zero-order valence-corrected chi connectivity index (χ0v) is 14.8. The number of aromatic nitrogens is 3. The molecule has 1 aromatic carbocycles. The Balaban J connectivity index is 1.73. The fourth-order valence-electron chi connectivity index (χ4n) is 2.93. The number of nitrogens with two attached hydrogens (primary N) is 1. The topological polar surface area (TPSA) is 104 Å². The summed E-state index contributed by atoms with van der Waals surface area (Å²) in [6, 6.07) is 9.97. The Bertz CT molecular complexity index is 1230. The first-order chi connectivity index (χ1) is 13.5. The number of hydrogen-bond acceptors (Lipinski definition) is 7. The van der Waals surface area contributed by atoms with E-state index in [9.17, 15) is 9.18 Å². The predicted molar refractivity (Wildman–Crippen MR) is 101 cm³/mol. The minimum absolute atomic E-state index is 0.0561. The summed E-state index contributed by atoms with van der Waals surface area (Å²) in [7, 11) is 0. The van der Waals surface area contributed by atoms with Gasteiger partial charge >= 0.3 is 5.63 Å². The second kappa shape index (κ2) is 7.07. The van der Waals surface area contributed by atoms with Crippen molar-refractivity contribution >= 4 is 16.8 Å². The largest absolute Gasteiger partial charge is 0.437 e. The van der Waals surface area contributed by atoms with Crippen LogP contribution in [0.25, 0.3) is 11.0 Å². The molecular weight excluding hydrogens is 363 g/mol. The monoisotopic (exact) mass is 378 g/mol. The molecule has 8 heteroatoms. The molecule has 2 N–H and O–H groups in total. The van der Waals surface area contributed by atoms with Crippen LogP contribution in [0.15, 0.2) is 58.0 Å². The Morgan fingerprint density at radius 3 is 2.86 bits per heavy atom. The average molecular weight is 378 g/mol. The van der Waals surface area contributed by atoms with Gasteiger partial charge in [0.05, 0.1) is 0 Å². The van der Waals surface area contributed by atoms with Crippen LogP contribution in [0.2, 0.25) is 0 Å². The SMILES string of the molecule is Cc1c(Cc2ccnc(N)c2F)c(=O)oc2cc(Oc3cccnn3)ccc12. The summed E-state index contributed by atoms with van der Waals surface area (Å²) in [5.41, 5.74) is 6.67. The molecule has 4 rings (SSSR count). The summed E-state index contributed by atoms with van der Waals surface area (Å²) < 4.78 is 25.2. The zero-order valence-electron chi connectivity index (χ0n) is 14.8. The van der Waals surface area contributed by atoms with E-state index in [2.05, 4.69) is 15.2 Å². The summed E-state index contributed by atoms with van der Waals surface area (Å²) in [5, 5.41) is 8.32. The van der Waals surface area contributed by atoms with E-state index in [0.29, 0.717) is 28.3 Å². The van der Waals surface area contributed by atoms with E-state index in [-0.39, 0.29) is 17.8 Å². The zero-order chi connectivity index (χ0) is 19.7. The quantitative estimate of drug-likeness (QED) is 0.543. The third kappa shape index (κ3) is 3.27. The van der Waals surface area contributed by atoms with Crippen molar-refractivity contribution in [2.45, 2.75) is 13.3 Å². The number of pyridine rings is 1. The second-order valence-electron chi connectivity index (χ2n) is 6.16. The number of hydrogen-bond donors (Lipinski definition) is 1. The molecule has 0 atom stereocenters. The number of ether oxygens (including phenoxy) is 1. The highest BCUT2D eigenvalue weighted by Crippen LogP contribution is 2.27. The van der Waals surface area contributed by atoms with Gasteiger partial charge < -0.3 is 14.9 Å². The molecular formula is C20H15FN4O3. The lowest BCUT2D eigenvalue weighted by Gasteiger charge is -2.10. The Kier molecular flexibility index (Phi) is 4.44. The Morgan fingerprint density at radius 1 is 1.21 bits per heavy atom. The van der Waals surface area contributed by atoms with E-state index in [4.69, 9.17) is 14.9 Å². The molecule has 3 aromatic heterocycles. The summed E-state index contributed by atoms with van der Waals surface area (Å²) in [4.78, 5) is 16.2. The van der Waals surface area contributed by atoms with E-state index in [1.54, 1.807) is 37.3 Å². The van der Waals surface area contributed by atoms with Gasteiger partial charge in [-0.3, -0.25) is 0 Å². The standard InChI is InChI=1S/C20H15FN4O3/c1-11-14-5-4-13(27-17-3-2-7-24-25-17)10-16(14)28-20(26)15(11)9-12-6-8-23-19(22)18(12)21/h2-8,10H,9H2,1H3,(H2,22,23). The lowest BCUT2D eigenvalue weighted by molar-refractivity contribution is 0.453. The van der Waals surface area contributed by atoms with Crippen LogP contribution in [0.5, 0.6) is 11.6 Å². The van der Waals surface area contributed by atoms with Crippen LogP contribution in [-0.4, -0.2) is 15.2 Å². The lowest BCUT2D eigenvalue weighted by Crippen LogP contribution is -2.12. The van der Waals surface area contributed by atoms with Crippen LogP contribution < -0.4 is 16.1 Å². The van der Waals surface area contributed by atoms with Crippen LogP contribution in [-0.2, 0) is 6.42 Å². The average Bonchev–Trinajstić information content (AvgIpc) is 2.69. The van der Waals surface area contributed by atoms with Gasteiger partial charge in [0.1, 0.15) is 11.3 Å². The minimum atomic E-state index is -0.630. The van der Waals surface area contributed by atoms with Gasteiger partial charge in [-0.05, 0) is 42.3 Å². The smallest absolute Gasteiger partial charge is 0.340 e. The van der Waals surface area contributed by atoms with Crippen molar-refractivity contribution in [1.82, 2.24) is 15.2 Å². The predicted octanol–water partition coefficient (Wildman–Crippen LogP) is 3.39. The van der Waals surface area contributed by atoms with E-state index < -0.39 is 11.4 Å². The maximum atomic E-state index is 14.2. The normalized spacial score (nSPS) is 10.9. The Hall–Kier alpha value is -3.81. The van der Waals surface area contributed by atoms with Crippen molar-refractivity contribution in [1.29, 1.82) is 0 Å². The van der Waals surface area contributed by atoms with Crippen molar-refractivity contribution in [3.8, 4) is 11.6 Å². The van der Waals surface area contributed by atoms with Crippen LogP contribution in [0, 0.1) is 12.7 Å². The van der Waals surface area contributed by atoms with Crippen molar-refractivity contribution in [3.05, 3.63) is 81.7 Å². The fraction of sp³-hybridized carbons (Fsp3) is 0.100. The molecule has 28 heavy (non-hydrogen) atoms. The van der Waals surface area contributed by atoms with Gasteiger partial charge in [0.25, 0.3) is 0 Å². The molecule has 0 amide bonds. The molecule has 0 radical (unpaired) electrons. The molecule has 3 heterocycles. The molecule has 0 saturated carbocycles. The lowest BCUT2D eigenvalue weighted by atomic mass is 10.00. The Labute approximate surface area is 158 Å². The number of anilines is 1. The summed E-state index contributed by atoms with van der Waals surface area (Å²) in [6.07, 6.45) is 3.00. The highest BCUT2D eigenvalue weighted by molar-refractivity contribution is 5.82. The summed E-state index contributed by atoms with van der Waals surface area (Å²) >= 11 is 0. The number of halogens is 1. The molecule has 0 aliphatic carbocycles. The number of nitrogen functional groups attached to an aromatic ring is 1. The van der Waals surface area contributed by atoms with E-state index >= 15 is 0 Å². The number of nitrogens with zero attached hydrogens (tertiary/aromatic N) is 3. The number of benzene rings is 1. The summed E-state index contributed by atoms with van der Waals surface area (Å²) in [5.74, 6) is -0.0558. The highest BCUT2D eigenvalue weighted by atomic mass is 19.1. The van der Waals surface area contributed by atoms with Crippen LogP contribution in [0.3, 0.4) is 0 Å². The third-order valence-electron chi connectivity index (χ3n) is 4.39. The molecule has 0 aliphatic rings. The Morgan fingerprint density at radius 2 is 2.07 bits per heavy atom. The van der Waals surface area contributed by atoms with Gasteiger partial charge in [0.15, 0.2) is 11.6 Å². The van der Waals surface area contributed by atoms with E-state index in [1.807, 2.05) is 0 Å². The molecule has 0 spiro atoms. The molecule has 4 aromatic rings. The second-order valence-corrected chi connectivity index (χ2v) is 6.16. The van der Waals surface area contributed by atoms with Crippen LogP contribution >= 0.6 is 0 Å². The number of aryl methyl sites for hydroxylation is 1. The van der Waals surface area contributed by atoms with E-state index in [0.717, 1.165) is 5.39 Å². The van der Waals surface area contributed by atoms with Gasteiger partial charge in [0.2, 0.25) is 5.88 Å². The number of rotatable bonds is 4. The van der Waals surface area contributed by atoms with Crippen LogP contribution in [0.1, 0.15) is 16.7 Å². The minimum Gasteiger partial charge on any atom is -0.437 e. The van der Waals surface area contributed by atoms with Crippen molar-refractivity contribution < 1.29 is 13.5 Å². The van der Waals surface area contributed by atoms with Crippen LogP contribution in [0.4, 0.5) is 10.2 Å². The molecule has 0 unspecified atom stereocenters.